The molecule has 2 aliphatic carbocycles. The van der Waals surface area contributed by atoms with Crippen LogP contribution in [-0.4, -0.2) is 59.5 Å². The molecule has 1 aliphatic heterocycles. The molecule has 9 heteroatoms. The predicted octanol–water partition coefficient (Wildman–Crippen LogP) is 5.11. The summed E-state index contributed by atoms with van der Waals surface area (Å²) in [7, 11) is 0. The third-order valence-corrected chi connectivity index (χ3v) is 9.33. The number of para-hydroxylation sites is 1. The van der Waals surface area contributed by atoms with Gasteiger partial charge < -0.3 is 26.4 Å². The van der Waals surface area contributed by atoms with Crippen molar-refractivity contribution in [3.8, 4) is 11.8 Å². The first-order valence-corrected chi connectivity index (χ1v) is 16.5. The molecule has 0 unspecified atom stereocenters. The molecule has 2 heterocycles. The van der Waals surface area contributed by atoms with Crippen molar-refractivity contribution in [2.24, 2.45) is 11.7 Å². The van der Waals surface area contributed by atoms with E-state index >= 15 is 0 Å². The molecule has 5 rings (SSSR count). The van der Waals surface area contributed by atoms with Crippen LogP contribution in [0.4, 0.5) is 0 Å². The SMILES string of the molecule is CC(=O)[C@@H]1CNCCN1C(=O)[C@@H](CC1CCCCC1)NC1CCCCC1.N#Cc1ccccc1O.NCc1cccs1. The number of phenolic OH excluding ortho intramolecular Hbond substituents is 1. The smallest absolute Gasteiger partial charge is 0.240 e. The van der Waals surface area contributed by atoms with Crippen molar-refractivity contribution in [2.45, 2.75) is 102 Å². The first kappa shape index (κ1) is 33.7. The van der Waals surface area contributed by atoms with Crippen LogP contribution in [0.3, 0.4) is 0 Å². The minimum atomic E-state index is -0.293. The number of aromatic hydroxyl groups is 1. The lowest BCUT2D eigenvalue weighted by molar-refractivity contribution is -0.142. The van der Waals surface area contributed by atoms with E-state index in [-0.39, 0.29) is 29.5 Å². The molecule has 1 saturated heterocycles. The summed E-state index contributed by atoms with van der Waals surface area (Å²) in [4.78, 5) is 28.6. The van der Waals surface area contributed by atoms with Crippen molar-refractivity contribution >= 4 is 23.0 Å². The molecular weight excluding hydrogens is 546 g/mol. The zero-order valence-electron chi connectivity index (χ0n) is 25.1. The molecule has 1 aromatic heterocycles. The van der Waals surface area contributed by atoms with Crippen molar-refractivity contribution in [2.75, 3.05) is 19.6 Å². The Morgan fingerprint density at radius 2 is 1.79 bits per heavy atom. The highest BCUT2D eigenvalue weighted by Gasteiger charge is 2.36. The first-order valence-electron chi connectivity index (χ1n) is 15.6. The highest BCUT2D eigenvalue weighted by atomic mass is 32.1. The molecular formula is C33H49N5O3S. The van der Waals surface area contributed by atoms with Crippen LogP contribution in [0, 0.1) is 17.2 Å². The number of nitrogens with zero attached hydrogens (tertiary/aromatic N) is 2. The summed E-state index contributed by atoms with van der Waals surface area (Å²) in [5.41, 5.74) is 5.62. The number of carbonyl (C=O) groups excluding carboxylic acids is 2. The summed E-state index contributed by atoms with van der Waals surface area (Å²) >= 11 is 1.70. The van der Waals surface area contributed by atoms with Gasteiger partial charge in [0.15, 0.2) is 5.78 Å². The quantitative estimate of drug-likeness (QED) is 0.350. The van der Waals surface area contributed by atoms with Gasteiger partial charge in [-0.15, -0.1) is 11.3 Å². The maximum Gasteiger partial charge on any atom is 0.240 e. The fourth-order valence-electron chi connectivity index (χ4n) is 6.08. The number of nitriles is 1. The Morgan fingerprint density at radius 3 is 2.33 bits per heavy atom. The van der Waals surface area contributed by atoms with Gasteiger partial charge >= 0.3 is 0 Å². The number of hydrogen-bond donors (Lipinski definition) is 4. The van der Waals surface area contributed by atoms with E-state index in [0.29, 0.717) is 37.2 Å². The standard InChI is InChI=1S/C21H37N3O2.C7H5NO.C5H7NS/c1-16(25)20-15-22-12-13-24(20)21(26)19(14-17-8-4-2-5-9-17)23-18-10-6-3-7-11-18;8-5-6-3-1-2-4-7(6)9;6-4-5-2-1-3-7-5/h17-20,22-23H,2-15H2,1H3;1-4,9H;1-3H,4,6H2/t19-,20+;;/m1../s1. The van der Waals surface area contributed by atoms with E-state index in [1.54, 1.807) is 36.5 Å². The largest absolute Gasteiger partial charge is 0.507 e. The Bertz CT molecular complexity index is 1090. The molecule has 8 nitrogen and oxygen atoms in total. The number of phenols is 1. The third-order valence-electron chi connectivity index (χ3n) is 8.44. The molecule has 2 aromatic rings. The van der Waals surface area contributed by atoms with Crippen molar-refractivity contribution < 1.29 is 14.7 Å². The summed E-state index contributed by atoms with van der Waals surface area (Å²) < 4.78 is 0. The zero-order valence-corrected chi connectivity index (χ0v) is 25.9. The number of amides is 1. The molecule has 3 fully saturated rings. The van der Waals surface area contributed by atoms with Gasteiger partial charge in [0, 0.05) is 37.1 Å². The van der Waals surface area contributed by atoms with Crippen LogP contribution in [-0.2, 0) is 16.1 Å². The van der Waals surface area contributed by atoms with E-state index in [9.17, 15) is 9.59 Å². The number of piperazine rings is 1. The lowest BCUT2D eigenvalue weighted by Gasteiger charge is -2.39. The predicted molar refractivity (Wildman–Crippen MR) is 169 cm³/mol. The molecule has 1 aromatic carbocycles. The summed E-state index contributed by atoms with van der Waals surface area (Å²) in [5.74, 6) is 0.968. The second-order valence-electron chi connectivity index (χ2n) is 11.6. The van der Waals surface area contributed by atoms with Gasteiger partial charge in [-0.1, -0.05) is 69.6 Å². The van der Waals surface area contributed by atoms with Crippen LogP contribution in [0.25, 0.3) is 0 Å². The van der Waals surface area contributed by atoms with Gasteiger partial charge in [-0.2, -0.15) is 5.26 Å². The van der Waals surface area contributed by atoms with Gasteiger partial charge in [0.1, 0.15) is 17.9 Å². The van der Waals surface area contributed by atoms with Gasteiger partial charge in [-0.3, -0.25) is 9.59 Å². The number of rotatable bonds is 7. The lowest BCUT2D eigenvalue weighted by atomic mass is 9.83. The normalized spacial score (nSPS) is 20.2. The number of hydrogen-bond acceptors (Lipinski definition) is 8. The van der Waals surface area contributed by atoms with Gasteiger partial charge in [-0.25, -0.2) is 0 Å². The monoisotopic (exact) mass is 595 g/mol. The number of nitrogens with one attached hydrogen (secondary N) is 2. The third kappa shape index (κ3) is 11.1. The maximum atomic E-state index is 13.4. The number of nitrogens with two attached hydrogens (primary N) is 1. The van der Waals surface area contributed by atoms with Gasteiger partial charge in [-0.05, 0) is 55.7 Å². The molecule has 5 N–H and O–H groups in total. The summed E-state index contributed by atoms with van der Waals surface area (Å²) in [6, 6.07) is 12.4. The van der Waals surface area contributed by atoms with Crippen molar-refractivity contribution in [1.29, 1.82) is 5.26 Å². The van der Waals surface area contributed by atoms with Crippen LogP contribution < -0.4 is 16.4 Å². The second kappa shape index (κ2) is 18.7. The average molecular weight is 596 g/mol. The van der Waals surface area contributed by atoms with E-state index in [2.05, 4.69) is 10.6 Å². The summed E-state index contributed by atoms with van der Waals surface area (Å²) in [5, 5.41) is 26.2. The van der Waals surface area contributed by atoms with E-state index in [4.69, 9.17) is 16.1 Å². The molecule has 1 amide bonds. The van der Waals surface area contributed by atoms with Crippen molar-refractivity contribution in [3.05, 3.63) is 52.2 Å². The molecule has 3 aliphatic rings. The van der Waals surface area contributed by atoms with Crippen LogP contribution in [0.5, 0.6) is 5.75 Å². The Hall–Kier alpha value is -2.77. The minimum absolute atomic E-state index is 0.0417. The number of carbonyl (C=O) groups is 2. The lowest BCUT2D eigenvalue weighted by Crippen LogP contribution is -2.61. The fraction of sp³-hybridized carbons (Fsp3) is 0.606. The molecule has 0 spiro atoms. The van der Waals surface area contributed by atoms with Crippen molar-refractivity contribution in [1.82, 2.24) is 15.5 Å². The maximum absolute atomic E-state index is 13.4. The van der Waals surface area contributed by atoms with E-state index in [0.717, 1.165) is 13.0 Å². The summed E-state index contributed by atoms with van der Waals surface area (Å²) in [6.45, 7) is 4.33. The molecule has 0 bridgehead atoms. The number of benzene rings is 1. The van der Waals surface area contributed by atoms with E-state index in [1.807, 2.05) is 28.5 Å². The average Bonchev–Trinajstić information content (AvgIpc) is 3.57. The molecule has 42 heavy (non-hydrogen) atoms. The van der Waals surface area contributed by atoms with Crippen LogP contribution in [0.2, 0.25) is 0 Å². The minimum Gasteiger partial charge on any atom is -0.507 e. The Balaban J connectivity index is 0.000000244. The van der Waals surface area contributed by atoms with Crippen LogP contribution in [0.1, 0.15) is 88.0 Å². The Kier molecular flexibility index (Phi) is 15.0. The van der Waals surface area contributed by atoms with Gasteiger partial charge in [0.05, 0.1) is 11.6 Å². The molecule has 2 atom stereocenters. The van der Waals surface area contributed by atoms with Crippen LogP contribution in [0.15, 0.2) is 41.8 Å². The topological polar surface area (TPSA) is 131 Å². The highest BCUT2D eigenvalue weighted by molar-refractivity contribution is 7.09. The van der Waals surface area contributed by atoms with Gasteiger partial charge in [0.25, 0.3) is 0 Å². The highest BCUT2D eigenvalue weighted by Crippen LogP contribution is 2.29. The van der Waals surface area contributed by atoms with E-state index < -0.39 is 0 Å². The van der Waals surface area contributed by atoms with E-state index in [1.165, 1.54) is 75.2 Å². The van der Waals surface area contributed by atoms with Crippen molar-refractivity contribution in [3.63, 3.8) is 0 Å². The Labute approximate surface area is 255 Å². The molecule has 230 valence electrons. The number of thiophene rings is 1. The fourth-order valence-corrected chi connectivity index (χ4v) is 6.66. The molecule has 0 radical (unpaired) electrons. The number of ketones is 1. The van der Waals surface area contributed by atoms with Crippen LogP contribution >= 0.6 is 11.3 Å². The number of Topliss-reactive ketones (excluding diaryl/α,β-unsaturated/α-hetero) is 1. The molecule has 2 saturated carbocycles. The zero-order chi connectivity index (χ0) is 30.2. The Morgan fingerprint density at radius 1 is 1.10 bits per heavy atom. The van der Waals surface area contributed by atoms with Gasteiger partial charge in [0.2, 0.25) is 5.91 Å². The second-order valence-corrected chi connectivity index (χ2v) is 12.6. The summed E-state index contributed by atoms with van der Waals surface area (Å²) in [6.07, 6.45) is 13.7. The first-order chi connectivity index (χ1) is 20.4.